The van der Waals surface area contributed by atoms with Gasteiger partial charge in [0.15, 0.2) is 0 Å². The average Bonchev–Trinajstić information content (AvgIpc) is 2.95. The standard InChI is InChI=1S/C10H10BrF2N/c11-8-7(12)2-1-6(9(8)13)10(5-14)3-4-10/h1-2H,3-5,14H2. The van der Waals surface area contributed by atoms with Gasteiger partial charge in [-0.3, -0.25) is 0 Å². The predicted molar refractivity (Wildman–Crippen MR) is 54.0 cm³/mol. The van der Waals surface area contributed by atoms with Gasteiger partial charge in [-0.1, -0.05) is 6.07 Å². The molecule has 2 rings (SSSR count). The van der Waals surface area contributed by atoms with Crippen molar-refractivity contribution >= 4 is 15.9 Å². The first-order valence-electron chi connectivity index (χ1n) is 4.45. The van der Waals surface area contributed by atoms with Gasteiger partial charge in [-0.2, -0.15) is 0 Å². The Labute approximate surface area is 89.4 Å². The van der Waals surface area contributed by atoms with Crippen molar-refractivity contribution in [1.29, 1.82) is 0 Å². The Hall–Kier alpha value is -0.480. The van der Waals surface area contributed by atoms with Crippen LogP contribution in [0.15, 0.2) is 16.6 Å². The number of rotatable bonds is 2. The number of nitrogens with two attached hydrogens (primary N) is 1. The minimum Gasteiger partial charge on any atom is -0.330 e. The van der Waals surface area contributed by atoms with E-state index in [1.165, 1.54) is 12.1 Å². The van der Waals surface area contributed by atoms with Crippen molar-refractivity contribution in [3.63, 3.8) is 0 Å². The Kier molecular flexibility index (Phi) is 2.35. The maximum absolute atomic E-state index is 13.6. The van der Waals surface area contributed by atoms with Gasteiger partial charge in [-0.05, 0) is 40.4 Å². The van der Waals surface area contributed by atoms with Gasteiger partial charge in [-0.25, -0.2) is 8.78 Å². The van der Waals surface area contributed by atoms with Gasteiger partial charge >= 0.3 is 0 Å². The molecule has 1 aliphatic rings. The molecule has 0 amide bonds. The Bertz CT molecular complexity index is 375. The van der Waals surface area contributed by atoms with Crippen molar-refractivity contribution in [2.45, 2.75) is 18.3 Å². The van der Waals surface area contributed by atoms with Crippen LogP contribution in [-0.2, 0) is 5.41 Å². The summed E-state index contributed by atoms with van der Waals surface area (Å²) in [7, 11) is 0. The van der Waals surface area contributed by atoms with Crippen molar-refractivity contribution in [3.8, 4) is 0 Å². The third-order valence-electron chi connectivity index (χ3n) is 2.85. The molecule has 76 valence electrons. The van der Waals surface area contributed by atoms with Crippen LogP contribution in [0.3, 0.4) is 0 Å². The van der Waals surface area contributed by atoms with Gasteiger partial charge in [0, 0.05) is 12.0 Å². The van der Waals surface area contributed by atoms with Crippen LogP contribution in [0.1, 0.15) is 18.4 Å². The Morgan fingerprint density at radius 3 is 2.50 bits per heavy atom. The molecule has 0 saturated heterocycles. The van der Waals surface area contributed by atoms with Crippen LogP contribution in [0.2, 0.25) is 0 Å². The monoisotopic (exact) mass is 261 g/mol. The van der Waals surface area contributed by atoms with E-state index >= 15 is 0 Å². The molecule has 1 nitrogen and oxygen atoms in total. The Morgan fingerprint density at radius 1 is 1.36 bits per heavy atom. The summed E-state index contributed by atoms with van der Waals surface area (Å²) in [6, 6.07) is 2.77. The Morgan fingerprint density at radius 2 is 2.00 bits per heavy atom. The summed E-state index contributed by atoms with van der Waals surface area (Å²) in [6.45, 7) is 0.419. The summed E-state index contributed by atoms with van der Waals surface area (Å²) in [5.41, 5.74) is 5.88. The normalized spacial score (nSPS) is 18.3. The number of benzene rings is 1. The zero-order valence-corrected chi connectivity index (χ0v) is 9.07. The van der Waals surface area contributed by atoms with Crippen LogP contribution in [0.25, 0.3) is 0 Å². The van der Waals surface area contributed by atoms with Crippen molar-refractivity contribution < 1.29 is 8.78 Å². The molecule has 0 spiro atoms. The molecule has 0 heterocycles. The second-order valence-corrected chi connectivity index (χ2v) is 4.50. The summed E-state index contributed by atoms with van der Waals surface area (Å²) in [5.74, 6) is -1.08. The molecule has 0 unspecified atom stereocenters. The van der Waals surface area contributed by atoms with Crippen LogP contribution >= 0.6 is 15.9 Å². The van der Waals surface area contributed by atoms with E-state index in [1.54, 1.807) is 0 Å². The van der Waals surface area contributed by atoms with Gasteiger partial charge in [0.2, 0.25) is 0 Å². The van der Waals surface area contributed by atoms with E-state index in [9.17, 15) is 8.78 Å². The van der Waals surface area contributed by atoms with E-state index in [4.69, 9.17) is 5.73 Å². The van der Waals surface area contributed by atoms with Crippen molar-refractivity contribution in [2.75, 3.05) is 6.54 Å². The second kappa shape index (κ2) is 3.28. The van der Waals surface area contributed by atoms with Crippen molar-refractivity contribution in [2.24, 2.45) is 5.73 Å². The minimum atomic E-state index is -0.570. The van der Waals surface area contributed by atoms with Gasteiger partial charge in [0.1, 0.15) is 11.6 Å². The molecular formula is C10H10BrF2N. The van der Waals surface area contributed by atoms with Crippen LogP contribution < -0.4 is 5.73 Å². The largest absolute Gasteiger partial charge is 0.330 e. The molecule has 1 saturated carbocycles. The highest BCUT2D eigenvalue weighted by atomic mass is 79.9. The maximum atomic E-state index is 13.6. The third kappa shape index (κ3) is 1.37. The average molecular weight is 262 g/mol. The maximum Gasteiger partial charge on any atom is 0.144 e. The van der Waals surface area contributed by atoms with Crippen molar-refractivity contribution in [3.05, 3.63) is 33.8 Å². The second-order valence-electron chi connectivity index (χ2n) is 3.71. The molecule has 0 aromatic heterocycles. The van der Waals surface area contributed by atoms with Gasteiger partial charge in [-0.15, -0.1) is 0 Å². The number of halogens is 3. The molecule has 2 N–H and O–H groups in total. The molecule has 1 aromatic carbocycles. The van der Waals surface area contributed by atoms with E-state index in [-0.39, 0.29) is 9.89 Å². The summed E-state index contributed by atoms with van der Waals surface area (Å²) in [5, 5.41) is 0. The van der Waals surface area contributed by atoms with E-state index in [2.05, 4.69) is 15.9 Å². The molecule has 0 atom stereocenters. The summed E-state index contributed by atoms with van der Waals surface area (Å²) >= 11 is 2.89. The molecule has 1 aliphatic carbocycles. The van der Waals surface area contributed by atoms with E-state index in [0.717, 1.165) is 12.8 Å². The van der Waals surface area contributed by atoms with E-state index < -0.39 is 11.6 Å². The zero-order valence-electron chi connectivity index (χ0n) is 7.49. The van der Waals surface area contributed by atoms with Crippen LogP contribution in [-0.4, -0.2) is 6.54 Å². The lowest BCUT2D eigenvalue weighted by molar-refractivity contribution is 0.539. The first-order valence-corrected chi connectivity index (χ1v) is 5.24. The first kappa shape index (κ1) is 10.1. The fourth-order valence-corrected chi connectivity index (χ4v) is 2.02. The molecule has 1 fully saturated rings. The summed E-state index contributed by atoms with van der Waals surface area (Å²) in [6.07, 6.45) is 1.77. The van der Waals surface area contributed by atoms with E-state index in [1.807, 2.05) is 0 Å². The van der Waals surface area contributed by atoms with Crippen LogP contribution in [0, 0.1) is 11.6 Å². The highest BCUT2D eigenvalue weighted by Gasteiger charge is 2.45. The molecule has 4 heteroatoms. The topological polar surface area (TPSA) is 26.0 Å². The molecule has 0 aliphatic heterocycles. The smallest absolute Gasteiger partial charge is 0.144 e. The number of hydrogen-bond donors (Lipinski definition) is 1. The van der Waals surface area contributed by atoms with Gasteiger partial charge < -0.3 is 5.73 Å². The Balaban J connectivity index is 2.50. The lowest BCUT2D eigenvalue weighted by Gasteiger charge is -2.14. The van der Waals surface area contributed by atoms with Crippen LogP contribution in [0.5, 0.6) is 0 Å². The van der Waals surface area contributed by atoms with Gasteiger partial charge in [0.25, 0.3) is 0 Å². The quantitative estimate of drug-likeness (QED) is 0.815. The molecule has 1 aromatic rings. The zero-order chi connectivity index (χ0) is 10.3. The summed E-state index contributed by atoms with van der Waals surface area (Å²) in [4.78, 5) is 0. The molecule has 0 bridgehead atoms. The predicted octanol–water partition coefficient (Wildman–Crippen LogP) is 2.72. The molecule has 0 radical (unpaired) electrons. The fourth-order valence-electron chi connectivity index (χ4n) is 1.67. The highest BCUT2D eigenvalue weighted by molar-refractivity contribution is 9.10. The van der Waals surface area contributed by atoms with Crippen LogP contribution in [0.4, 0.5) is 8.78 Å². The molecular weight excluding hydrogens is 252 g/mol. The lowest BCUT2D eigenvalue weighted by atomic mass is 9.95. The third-order valence-corrected chi connectivity index (χ3v) is 3.58. The first-order chi connectivity index (χ1) is 6.60. The SMILES string of the molecule is NCC1(c2ccc(F)c(Br)c2F)CC1. The van der Waals surface area contributed by atoms with Gasteiger partial charge in [0.05, 0.1) is 4.47 Å². The highest BCUT2D eigenvalue weighted by Crippen LogP contribution is 2.49. The lowest BCUT2D eigenvalue weighted by Crippen LogP contribution is -2.21. The van der Waals surface area contributed by atoms with Crippen molar-refractivity contribution in [1.82, 2.24) is 0 Å². The van der Waals surface area contributed by atoms with E-state index in [0.29, 0.717) is 12.1 Å². The number of hydrogen-bond acceptors (Lipinski definition) is 1. The summed E-state index contributed by atoms with van der Waals surface area (Å²) < 4.78 is 26.5. The minimum absolute atomic E-state index is 0.0882. The molecule has 14 heavy (non-hydrogen) atoms. The fraction of sp³-hybridized carbons (Fsp3) is 0.400.